The highest BCUT2D eigenvalue weighted by atomic mass is 79.9. The highest BCUT2D eigenvalue weighted by molar-refractivity contribution is 9.08. The topological polar surface area (TPSA) is 72.2 Å². The van der Waals surface area contributed by atoms with Crippen LogP contribution in [0.25, 0.3) is 0 Å². The second kappa shape index (κ2) is 6.69. The monoisotopic (exact) mass is 368 g/mol. The van der Waals surface area contributed by atoms with Crippen molar-refractivity contribution < 1.29 is 9.72 Å². The molecule has 0 aliphatic heterocycles. The van der Waals surface area contributed by atoms with Crippen molar-refractivity contribution in [1.29, 1.82) is 0 Å². The van der Waals surface area contributed by atoms with E-state index in [1.54, 1.807) is 12.1 Å². The van der Waals surface area contributed by atoms with Gasteiger partial charge in [-0.15, -0.1) is 0 Å². The fourth-order valence-corrected chi connectivity index (χ4v) is 2.26. The van der Waals surface area contributed by atoms with Crippen molar-refractivity contribution >= 4 is 44.8 Å². The minimum absolute atomic E-state index is 0.0334. The number of carbonyl (C=O) groups is 1. The van der Waals surface area contributed by atoms with Crippen LogP contribution in [0.4, 0.5) is 11.4 Å². The summed E-state index contributed by atoms with van der Waals surface area (Å²) in [4.78, 5) is 22.5. The third-order valence-corrected chi connectivity index (χ3v) is 3.65. The molecule has 0 saturated carbocycles. The molecule has 0 bridgehead atoms. The van der Waals surface area contributed by atoms with E-state index in [-0.39, 0.29) is 16.3 Å². The summed E-state index contributed by atoms with van der Waals surface area (Å²) in [7, 11) is 0. The molecule has 0 aromatic heterocycles. The number of anilines is 1. The molecule has 0 saturated heterocycles. The number of nitrogens with one attached hydrogen (secondary N) is 1. The van der Waals surface area contributed by atoms with Crippen LogP contribution in [-0.2, 0) is 5.33 Å². The smallest absolute Gasteiger partial charge is 0.283 e. The van der Waals surface area contributed by atoms with Crippen LogP contribution in [0, 0.1) is 10.1 Å². The van der Waals surface area contributed by atoms with Crippen LogP contribution in [0.15, 0.2) is 42.5 Å². The van der Waals surface area contributed by atoms with Gasteiger partial charge in [0.25, 0.3) is 11.6 Å². The molecule has 108 valence electrons. The summed E-state index contributed by atoms with van der Waals surface area (Å²) in [5.41, 5.74) is 1.27. The van der Waals surface area contributed by atoms with Crippen molar-refractivity contribution in [2.24, 2.45) is 0 Å². The molecule has 2 aromatic carbocycles. The van der Waals surface area contributed by atoms with Crippen molar-refractivity contribution in [2.45, 2.75) is 5.33 Å². The van der Waals surface area contributed by atoms with Gasteiger partial charge in [-0.3, -0.25) is 14.9 Å². The fraction of sp³-hybridized carbons (Fsp3) is 0.0714. The number of alkyl halides is 1. The lowest BCUT2D eigenvalue weighted by molar-refractivity contribution is -0.385. The summed E-state index contributed by atoms with van der Waals surface area (Å²) < 4.78 is 0. The molecule has 2 aromatic rings. The Balaban J connectivity index is 2.25. The number of benzene rings is 2. The molecule has 0 heterocycles. The molecule has 2 rings (SSSR count). The van der Waals surface area contributed by atoms with Gasteiger partial charge in [-0.05, 0) is 29.8 Å². The Morgan fingerprint density at radius 2 is 1.90 bits per heavy atom. The van der Waals surface area contributed by atoms with Crippen molar-refractivity contribution in [3.8, 4) is 0 Å². The zero-order valence-corrected chi connectivity index (χ0v) is 13.0. The number of hydrogen-bond acceptors (Lipinski definition) is 3. The maximum Gasteiger partial charge on any atom is 0.283 e. The molecule has 7 heteroatoms. The van der Waals surface area contributed by atoms with E-state index >= 15 is 0 Å². The number of nitro benzene ring substituents is 1. The zero-order chi connectivity index (χ0) is 15.4. The van der Waals surface area contributed by atoms with E-state index in [9.17, 15) is 14.9 Å². The van der Waals surface area contributed by atoms with Crippen molar-refractivity contribution in [3.63, 3.8) is 0 Å². The summed E-state index contributed by atoms with van der Waals surface area (Å²) in [6.07, 6.45) is 0. The Hall–Kier alpha value is -1.92. The molecule has 1 N–H and O–H groups in total. The number of amides is 1. The van der Waals surface area contributed by atoms with Crippen LogP contribution in [0.2, 0.25) is 5.02 Å². The first-order valence-corrected chi connectivity index (χ1v) is 7.41. The van der Waals surface area contributed by atoms with Gasteiger partial charge in [-0.1, -0.05) is 39.7 Å². The first kappa shape index (κ1) is 15.5. The Kier molecular flexibility index (Phi) is 4.93. The van der Waals surface area contributed by atoms with Gasteiger partial charge in [0.2, 0.25) is 0 Å². The molecule has 0 atom stereocenters. The van der Waals surface area contributed by atoms with E-state index in [1.807, 2.05) is 12.1 Å². The van der Waals surface area contributed by atoms with E-state index in [1.165, 1.54) is 12.1 Å². The van der Waals surface area contributed by atoms with Crippen LogP contribution in [0.5, 0.6) is 0 Å². The van der Waals surface area contributed by atoms with Gasteiger partial charge in [0.05, 0.1) is 4.92 Å². The summed E-state index contributed by atoms with van der Waals surface area (Å²) in [6, 6.07) is 11.1. The minimum Gasteiger partial charge on any atom is -0.322 e. The summed E-state index contributed by atoms with van der Waals surface area (Å²) in [6.45, 7) is 0. The number of carbonyl (C=O) groups excluding carboxylic acids is 1. The lowest BCUT2D eigenvalue weighted by atomic mass is 10.1. The maximum atomic E-state index is 12.1. The standard InChI is InChI=1S/C14H10BrClN2O3/c15-8-9-1-4-11(5-2-9)17-14(19)12-6-3-10(16)7-13(12)18(20)21/h1-7H,8H2,(H,17,19). The summed E-state index contributed by atoms with van der Waals surface area (Å²) in [5.74, 6) is -0.551. The number of nitrogens with zero attached hydrogens (tertiary/aromatic N) is 1. The molecule has 0 aliphatic carbocycles. The van der Waals surface area contributed by atoms with E-state index < -0.39 is 10.8 Å². The van der Waals surface area contributed by atoms with Gasteiger partial charge in [-0.2, -0.15) is 0 Å². The molecule has 0 radical (unpaired) electrons. The first-order valence-electron chi connectivity index (χ1n) is 5.91. The molecule has 0 spiro atoms. The van der Waals surface area contributed by atoms with Crippen molar-refractivity contribution in [2.75, 3.05) is 5.32 Å². The molecule has 21 heavy (non-hydrogen) atoms. The predicted octanol–water partition coefficient (Wildman–Crippen LogP) is 4.40. The van der Waals surface area contributed by atoms with Crippen LogP contribution < -0.4 is 5.32 Å². The molecule has 0 unspecified atom stereocenters. The fourth-order valence-electron chi connectivity index (χ4n) is 1.72. The summed E-state index contributed by atoms with van der Waals surface area (Å²) in [5, 5.41) is 14.5. The quantitative estimate of drug-likeness (QED) is 0.493. The lowest BCUT2D eigenvalue weighted by Gasteiger charge is -2.06. The van der Waals surface area contributed by atoms with Gasteiger partial charge in [0.1, 0.15) is 5.56 Å². The van der Waals surface area contributed by atoms with E-state index in [4.69, 9.17) is 11.6 Å². The third-order valence-electron chi connectivity index (χ3n) is 2.77. The molecule has 0 aliphatic rings. The Labute approximate surface area is 134 Å². The van der Waals surface area contributed by atoms with Gasteiger partial charge in [0, 0.05) is 22.1 Å². The highest BCUT2D eigenvalue weighted by Gasteiger charge is 2.20. The minimum atomic E-state index is -0.630. The maximum absolute atomic E-state index is 12.1. The predicted molar refractivity (Wildman–Crippen MR) is 85.1 cm³/mol. The van der Waals surface area contributed by atoms with Crippen molar-refractivity contribution in [3.05, 3.63) is 68.7 Å². The lowest BCUT2D eigenvalue weighted by Crippen LogP contribution is -2.13. The Bertz CT molecular complexity index is 689. The molecule has 0 fully saturated rings. The van der Waals surface area contributed by atoms with Crippen LogP contribution >= 0.6 is 27.5 Å². The Morgan fingerprint density at radius 1 is 1.24 bits per heavy atom. The second-order valence-corrected chi connectivity index (χ2v) is 5.20. The average Bonchev–Trinajstić information content (AvgIpc) is 2.47. The zero-order valence-electron chi connectivity index (χ0n) is 10.7. The largest absolute Gasteiger partial charge is 0.322 e. The molecular weight excluding hydrogens is 360 g/mol. The van der Waals surface area contributed by atoms with E-state index in [0.29, 0.717) is 11.0 Å². The number of rotatable bonds is 4. The van der Waals surface area contributed by atoms with Crippen molar-refractivity contribution in [1.82, 2.24) is 0 Å². The van der Waals surface area contributed by atoms with Crippen LogP contribution in [0.3, 0.4) is 0 Å². The second-order valence-electron chi connectivity index (χ2n) is 4.20. The normalized spacial score (nSPS) is 10.2. The van der Waals surface area contributed by atoms with Gasteiger partial charge in [-0.25, -0.2) is 0 Å². The number of nitro groups is 1. The SMILES string of the molecule is O=C(Nc1ccc(CBr)cc1)c1ccc(Cl)cc1[N+](=O)[O-]. The van der Waals surface area contributed by atoms with Gasteiger partial charge >= 0.3 is 0 Å². The van der Waals surface area contributed by atoms with Crippen LogP contribution in [-0.4, -0.2) is 10.8 Å². The first-order chi connectivity index (χ1) is 10.0. The average molecular weight is 370 g/mol. The van der Waals surface area contributed by atoms with E-state index in [0.717, 1.165) is 11.6 Å². The van der Waals surface area contributed by atoms with Gasteiger partial charge < -0.3 is 5.32 Å². The summed E-state index contributed by atoms with van der Waals surface area (Å²) >= 11 is 9.05. The Morgan fingerprint density at radius 3 is 2.48 bits per heavy atom. The number of hydrogen-bond donors (Lipinski definition) is 1. The van der Waals surface area contributed by atoms with E-state index in [2.05, 4.69) is 21.2 Å². The molecular formula is C14H10BrClN2O3. The molecule has 5 nitrogen and oxygen atoms in total. The van der Waals surface area contributed by atoms with Crippen LogP contribution in [0.1, 0.15) is 15.9 Å². The third kappa shape index (κ3) is 3.80. The van der Waals surface area contributed by atoms with Gasteiger partial charge in [0.15, 0.2) is 0 Å². The highest BCUT2D eigenvalue weighted by Crippen LogP contribution is 2.24. The molecule has 1 amide bonds. The number of halogens is 2.